The number of nitrogens with zero attached hydrogens (tertiary/aromatic N) is 4. The maximum absolute atomic E-state index is 12.8. The molecule has 8 nitrogen and oxygen atoms in total. The number of aromatic nitrogens is 5. The molecule has 8 heteroatoms. The third kappa shape index (κ3) is 4.55. The molecule has 1 aromatic carbocycles. The van der Waals surface area contributed by atoms with Crippen LogP contribution in [0.3, 0.4) is 0 Å². The van der Waals surface area contributed by atoms with Crippen LogP contribution in [0.5, 0.6) is 0 Å². The van der Waals surface area contributed by atoms with Gasteiger partial charge in [0.2, 0.25) is 5.82 Å². The summed E-state index contributed by atoms with van der Waals surface area (Å²) in [6.07, 6.45) is 4.61. The molecule has 1 saturated carbocycles. The second-order valence-corrected chi connectivity index (χ2v) is 9.16. The number of hydrogen-bond donors (Lipinski definition) is 3. The SMILES string of the molecule is Cc1ccc2[nH]c(=O)c(C[NH+](CCO)[C@H](c3nnnn3C3CCCC3)C(C)C)cc2c1. The fourth-order valence-corrected chi connectivity index (χ4v) is 5.01. The van der Waals surface area contributed by atoms with Crippen LogP contribution in [0.2, 0.25) is 0 Å². The van der Waals surface area contributed by atoms with Gasteiger partial charge in [0.15, 0.2) is 6.04 Å². The molecule has 1 aliphatic rings. The summed E-state index contributed by atoms with van der Waals surface area (Å²) in [5.74, 6) is 1.10. The van der Waals surface area contributed by atoms with E-state index in [-0.39, 0.29) is 24.1 Å². The van der Waals surface area contributed by atoms with E-state index in [9.17, 15) is 9.90 Å². The fraction of sp³-hybridized carbons (Fsp3) is 0.565. The number of aryl methyl sites for hydroxylation is 1. The summed E-state index contributed by atoms with van der Waals surface area (Å²) in [4.78, 5) is 17.0. The Hall–Kier alpha value is -2.58. The van der Waals surface area contributed by atoms with Gasteiger partial charge >= 0.3 is 0 Å². The third-order valence-corrected chi connectivity index (χ3v) is 6.50. The van der Waals surface area contributed by atoms with Crippen molar-refractivity contribution in [1.29, 1.82) is 0 Å². The Morgan fingerprint density at radius 3 is 2.74 bits per heavy atom. The van der Waals surface area contributed by atoms with Crippen molar-refractivity contribution in [3.63, 3.8) is 0 Å². The van der Waals surface area contributed by atoms with Crippen molar-refractivity contribution in [3.8, 4) is 0 Å². The van der Waals surface area contributed by atoms with Crippen LogP contribution in [0, 0.1) is 12.8 Å². The molecule has 1 aliphatic carbocycles. The first-order valence-corrected chi connectivity index (χ1v) is 11.3. The Bertz CT molecular complexity index is 1080. The quantitative estimate of drug-likeness (QED) is 0.510. The predicted octanol–water partition coefficient (Wildman–Crippen LogP) is 1.71. The minimum Gasteiger partial charge on any atom is -0.391 e. The average molecular weight is 426 g/mol. The topological polar surface area (TPSA) is 101 Å². The molecule has 4 rings (SSSR count). The van der Waals surface area contributed by atoms with Crippen LogP contribution in [0.25, 0.3) is 10.9 Å². The van der Waals surface area contributed by atoms with E-state index in [1.54, 1.807) is 0 Å². The van der Waals surface area contributed by atoms with Gasteiger partial charge in [-0.3, -0.25) is 4.79 Å². The second-order valence-electron chi connectivity index (χ2n) is 9.16. The van der Waals surface area contributed by atoms with Crippen LogP contribution >= 0.6 is 0 Å². The monoisotopic (exact) mass is 425 g/mol. The van der Waals surface area contributed by atoms with Gasteiger partial charge in [0.25, 0.3) is 5.56 Å². The first-order chi connectivity index (χ1) is 15.0. The lowest BCUT2D eigenvalue weighted by Gasteiger charge is -2.30. The summed E-state index contributed by atoms with van der Waals surface area (Å²) in [7, 11) is 0. The number of benzene rings is 1. The van der Waals surface area contributed by atoms with Gasteiger partial charge in [-0.2, -0.15) is 0 Å². The van der Waals surface area contributed by atoms with Crippen molar-refractivity contribution in [3.05, 3.63) is 51.6 Å². The largest absolute Gasteiger partial charge is 0.391 e. The number of aliphatic hydroxyl groups excluding tert-OH is 1. The number of H-pyrrole nitrogens is 1. The van der Waals surface area contributed by atoms with E-state index in [0.717, 1.165) is 40.0 Å². The van der Waals surface area contributed by atoms with Crippen LogP contribution < -0.4 is 10.5 Å². The van der Waals surface area contributed by atoms with Gasteiger partial charge in [-0.05, 0) is 53.8 Å². The number of hydrogen-bond acceptors (Lipinski definition) is 5. The Labute approximate surface area is 182 Å². The molecule has 3 N–H and O–H groups in total. The molecule has 166 valence electrons. The average Bonchev–Trinajstić information content (AvgIpc) is 3.40. The molecule has 2 atom stereocenters. The minimum atomic E-state index is -0.0790. The number of fused-ring (bicyclic) bond motifs is 1. The lowest BCUT2D eigenvalue weighted by atomic mass is 10.00. The summed E-state index contributed by atoms with van der Waals surface area (Å²) in [5, 5.41) is 23.6. The van der Waals surface area contributed by atoms with Crippen molar-refractivity contribution in [1.82, 2.24) is 25.2 Å². The van der Waals surface area contributed by atoms with Crippen molar-refractivity contribution < 1.29 is 10.0 Å². The highest BCUT2D eigenvalue weighted by molar-refractivity contribution is 5.79. The van der Waals surface area contributed by atoms with E-state index in [1.807, 2.05) is 29.8 Å². The first-order valence-electron chi connectivity index (χ1n) is 11.3. The zero-order chi connectivity index (χ0) is 22.0. The number of quaternary nitrogens is 1. The molecule has 2 heterocycles. The number of aliphatic hydroxyl groups is 1. The van der Waals surface area contributed by atoms with Gasteiger partial charge in [-0.1, -0.05) is 38.3 Å². The zero-order valence-electron chi connectivity index (χ0n) is 18.6. The summed E-state index contributed by atoms with van der Waals surface area (Å²) in [6, 6.07) is 8.33. The molecule has 1 unspecified atom stereocenters. The summed E-state index contributed by atoms with van der Waals surface area (Å²) < 4.78 is 2.00. The molecule has 31 heavy (non-hydrogen) atoms. The van der Waals surface area contributed by atoms with E-state index >= 15 is 0 Å². The van der Waals surface area contributed by atoms with E-state index < -0.39 is 0 Å². The van der Waals surface area contributed by atoms with Crippen molar-refractivity contribution in [2.75, 3.05) is 13.2 Å². The molecule has 2 aromatic heterocycles. The van der Waals surface area contributed by atoms with E-state index in [1.165, 1.54) is 12.8 Å². The highest BCUT2D eigenvalue weighted by Crippen LogP contribution is 2.31. The Morgan fingerprint density at radius 2 is 2.03 bits per heavy atom. The van der Waals surface area contributed by atoms with Gasteiger partial charge in [-0.25, -0.2) is 4.68 Å². The summed E-state index contributed by atoms with van der Waals surface area (Å²) in [5.41, 5.74) is 2.63. The van der Waals surface area contributed by atoms with Crippen molar-refractivity contribution >= 4 is 10.9 Å². The first kappa shape index (κ1) is 21.6. The molecule has 0 saturated heterocycles. The van der Waals surface area contributed by atoms with E-state index in [4.69, 9.17) is 0 Å². The van der Waals surface area contributed by atoms with Crippen molar-refractivity contribution in [2.45, 2.75) is 65.1 Å². The molecule has 0 aliphatic heterocycles. The molecule has 0 spiro atoms. The fourth-order valence-electron chi connectivity index (χ4n) is 5.01. The maximum atomic E-state index is 12.8. The van der Waals surface area contributed by atoms with E-state index in [2.05, 4.69) is 40.4 Å². The molecule has 3 aromatic rings. The van der Waals surface area contributed by atoms with Gasteiger partial charge in [-0.15, -0.1) is 5.10 Å². The summed E-state index contributed by atoms with van der Waals surface area (Å²) >= 11 is 0. The van der Waals surface area contributed by atoms with Gasteiger partial charge < -0.3 is 15.0 Å². The number of aromatic amines is 1. The highest BCUT2D eigenvalue weighted by atomic mass is 16.3. The third-order valence-electron chi connectivity index (χ3n) is 6.50. The standard InChI is InChI=1S/C23H32N6O2/c1-15(2)21(22-25-26-27-29(22)19-6-4-5-7-19)28(10-11-30)14-18-13-17-12-16(3)8-9-20(17)24-23(18)31/h8-9,12-13,15,19,21,30H,4-7,10-11,14H2,1-3H3,(H,24,31)/p+1/t21-/m0/s1. The summed E-state index contributed by atoms with van der Waals surface area (Å²) in [6.45, 7) is 7.42. The lowest BCUT2D eigenvalue weighted by Crippen LogP contribution is -3.12. The lowest BCUT2D eigenvalue weighted by molar-refractivity contribution is -0.950. The van der Waals surface area contributed by atoms with Gasteiger partial charge in [0, 0.05) is 11.4 Å². The Balaban J connectivity index is 1.70. The van der Waals surface area contributed by atoms with Gasteiger partial charge in [0.1, 0.15) is 13.1 Å². The smallest absolute Gasteiger partial charge is 0.257 e. The van der Waals surface area contributed by atoms with Crippen LogP contribution in [0.4, 0.5) is 0 Å². The second kappa shape index (κ2) is 9.28. The van der Waals surface area contributed by atoms with Crippen molar-refractivity contribution in [2.24, 2.45) is 5.92 Å². The van der Waals surface area contributed by atoms with E-state index in [0.29, 0.717) is 24.7 Å². The van der Waals surface area contributed by atoms with Crippen LogP contribution in [0.1, 0.15) is 68.6 Å². The highest BCUT2D eigenvalue weighted by Gasteiger charge is 2.35. The molecule has 0 radical (unpaired) electrons. The van der Waals surface area contributed by atoms with Crippen LogP contribution in [-0.2, 0) is 6.54 Å². The molecular weight excluding hydrogens is 392 g/mol. The Kier molecular flexibility index (Phi) is 6.48. The minimum absolute atomic E-state index is 0.0182. The maximum Gasteiger partial charge on any atom is 0.257 e. The van der Waals surface area contributed by atoms with Crippen LogP contribution in [0.15, 0.2) is 29.1 Å². The molecule has 0 bridgehead atoms. The van der Waals surface area contributed by atoms with Crippen LogP contribution in [-0.4, -0.2) is 43.4 Å². The number of rotatable bonds is 8. The predicted molar refractivity (Wildman–Crippen MR) is 119 cm³/mol. The van der Waals surface area contributed by atoms with Gasteiger partial charge in [0.05, 0.1) is 18.2 Å². The number of nitrogens with one attached hydrogen (secondary N) is 2. The number of tetrazole rings is 1. The number of pyridine rings is 1. The molecule has 1 fully saturated rings. The zero-order valence-corrected chi connectivity index (χ0v) is 18.6. The molecular formula is C23H33N6O2+. The molecule has 0 amide bonds. The normalized spacial score (nSPS) is 16.9. The Morgan fingerprint density at radius 1 is 1.26 bits per heavy atom.